The number of anilines is 2. The second-order valence-electron chi connectivity index (χ2n) is 7.03. The van der Waals surface area contributed by atoms with Gasteiger partial charge in [0, 0.05) is 29.3 Å². The molecule has 1 aliphatic heterocycles. The molecule has 2 aromatic carbocycles. The largest absolute Gasteiger partial charge is 0.452 e. The Morgan fingerprint density at radius 2 is 1.65 bits per heavy atom. The Balaban J connectivity index is 1.25. The average Bonchev–Trinajstić information content (AvgIpc) is 3.26. The van der Waals surface area contributed by atoms with E-state index in [1.165, 1.54) is 4.88 Å². The number of thiophene rings is 1. The Morgan fingerprint density at radius 3 is 2.39 bits per heavy atom. The number of urea groups is 1. The summed E-state index contributed by atoms with van der Waals surface area (Å²) >= 11 is 1.71. The molecule has 8 heteroatoms. The standard InChI is InChI=1S/C23H21N3O4S/c27-21(26-12-10-20-17(14-26)11-13-31-20)15-30-22(28)16-6-8-19(9-7-16)25-23(29)24-18-4-2-1-3-5-18/h1-9,11,13H,10,12,14-15H2,(H2,24,25,29). The number of carbonyl (C=O) groups is 3. The summed E-state index contributed by atoms with van der Waals surface area (Å²) in [6.45, 7) is 0.897. The van der Waals surface area contributed by atoms with Crippen LogP contribution < -0.4 is 10.6 Å². The normalized spacial score (nSPS) is 12.6. The van der Waals surface area contributed by atoms with E-state index in [1.54, 1.807) is 52.6 Å². The van der Waals surface area contributed by atoms with E-state index in [2.05, 4.69) is 10.6 Å². The highest BCUT2D eigenvalue weighted by Crippen LogP contribution is 2.24. The number of amides is 3. The van der Waals surface area contributed by atoms with Gasteiger partial charge in [-0.25, -0.2) is 9.59 Å². The van der Waals surface area contributed by atoms with Gasteiger partial charge in [-0.15, -0.1) is 11.3 Å². The Kier molecular flexibility index (Phi) is 6.28. The molecule has 7 nitrogen and oxygen atoms in total. The molecule has 3 aromatic rings. The number of carbonyl (C=O) groups excluding carboxylic acids is 3. The third kappa shape index (κ3) is 5.29. The number of hydrogen-bond donors (Lipinski definition) is 2. The summed E-state index contributed by atoms with van der Waals surface area (Å²) in [6.07, 6.45) is 0.832. The fraction of sp³-hybridized carbons (Fsp3) is 0.174. The van der Waals surface area contributed by atoms with Crippen LogP contribution in [0.2, 0.25) is 0 Å². The first kappa shape index (κ1) is 20.6. The zero-order valence-corrected chi connectivity index (χ0v) is 17.5. The third-order valence-corrected chi connectivity index (χ3v) is 5.92. The van der Waals surface area contributed by atoms with E-state index in [0.717, 1.165) is 12.0 Å². The Morgan fingerprint density at radius 1 is 0.935 bits per heavy atom. The van der Waals surface area contributed by atoms with Gasteiger partial charge in [0.2, 0.25) is 0 Å². The summed E-state index contributed by atoms with van der Waals surface area (Å²) in [7, 11) is 0. The second kappa shape index (κ2) is 9.44. The Labute approximate surface area is 183 Å². The maximum atomic E-state index is 12.4. The van der Waals surface area contributed by atoms with Gasteiger partial charge in [0.1, 0.15) is 0 Å². The summed E-state index contributed by atoms with van der Waals surface area (Å²) in [6, 6.07) is 17.0. The van der Waals surface area contributed by atoms with Gasteiger partial charge in [0.25, 0.3) is 5.91 Å². The first-order valence-corrected chi connectivity index (χ1v) is 10.7. The van der Waals surface area contributed by atoms with Gasteiger partial charge in [0.15, 0.2) is 6.61 Å². The van der Waals surface area contributed by atoms with Crippen LogP contribution in [0, 0.1) is 0 Å². The fourth-order valence-corrected chi connectivity index (χ4v) is 4.16. The van der Waals surface area contributed by atoms with Crippen LogP contribution in [0.1, 0.15) is 20.8 Å². The number of benzene rings is 2. The molecule has 2 N–H and O–H groups in total. The van der Waals surface area contributed by atoms with Crippen LogP contribution in [0.25, 0.3) is 0 Å². The van der Waals surface area contributed by atoms with Crippen molar-refractivity contribution < 1.29 is 19.1 Å². The summed E-state index contributed by atoms with van der Waals surface area (Å²) in [5, 5.41) is 7.44. The average molecular weight is 436 g/mol. The monoisotopic (exact) mass is 435 g/mol. The Hall–Kier alpha value is -3.65. The number of nitrogens with zero attached hydrogens (tertiary/aromatic N) is 1. The topological polar surface area (TPSA) is 87.7 Å². The van der Waals surface area contributed by atoms with Crippen molar-refractivity contribution in [2.45, 2.75) is 13.0 Å². The number of ether oxygens (including phenoxy) is 1. The molecular weight excluding hydrogens is 414 g/mol. The zero-order chi connectivity index (χ0) is 21.6. The van der Waals surface area contributed by atoms with Crippen LogP contribution in [-0.4, -0.2) is 36.0 Å². The van der Waals surface area contributed by atoms with Gasteiger partial charge < -0.3 is 20.3 Å². The molecule has 4 rings (SSSR count). The van der Waals surface area contributed by atoms with Crippen LogP contribution in [0.5, 0.6) is 0 Å². The minimum absolute atomic E-state index is 0.207. The number of fused-ring (bicyclic) bond motifs is 1. The minimum Gasteiger partial charge on any atom is -0.452 e. The van der Waals surface area contributed by atoms with Crippen LogP contribution in [-0.2, 0) is 22.5 Å². The molecule has 1 aliphatic rings. The quantitative estimate of drug-likeness (QED) is 0.590. The molecule has 0 atom stereocenters. The van der Waals surface area contributed by atoms with E-state index in [1.807, 2.05) is 29.6 Å². The lowest BCUT2D eigenvalue weighted by molar-refractivity contribution is -0.135. The molecule has 3 amide bonds. The Bertz CT molecular complexity index is 1080. The van der Waals surface area contributed by atoms with Crippen molar-refractivity contribution in [2.75, 3.05) is 23.8 Å². The molecule has 31 heavy (non-hydrogen) atoms. The van der Waals surface area contributed by atoms with Crippen molar-refractivity contribution in [3.63, 3.8) is 0 Å². The fourth-order valence-electron chi connectivity index (χ4n) is 3.27. The van der Waals surface area contributed by atoms with Gasteiger partial charge >= 0.3 is 12.0 Å². The number of nitrogens with one attached hydrogen (secondary N) is 2. The maximum absolute atomic E-state index is 12.4. The van der Waals surface area contributed by atoms with E-state index in [-0.39, 0.29) is 18.5 Å². The van der Waals surface area contributed by atoms with Gasteiger partial charge in [-0.1, -0.05) is 18.2 Å². The van der Waals surface area contributed by atoms with Crippen molar-refractivity contribution in [2.24, 2.45) is 0 Å². The number of hydrogen-bond acceptors (Lipinski definition) is 5. The summed E-state index contributed by atoms with van der Waals surface area (Å²) in [5.74, 6) is -0.789. The molecule has 158 valence electrons. The molecular formula is C23H21N3O4S. The molecule has 0 saturated carbocycles. The molecule has 0 spiro atoms. The lowest BCUT2D eigenvalue weighted by Crippen LogP contribution is -2.38. The number of para-hydroxylation sites is 1. The van der Waals surface area contributed by atoms with E-state index in [0.29, 0.717) is 30.0 Å². The van der Waals surface area contributed by atoms with Crippen LogP contribution >= 0.6 is 11.3 Å². The van der Waals surface area contributed by atoms with Gasteiger partial charge in [-0.2, -0.15) is 0 Å². The zero-order valence-electron chi connectivity index (χ0n) is 16.7. The van der Waals surface area contributed by atoms with Gasteiger partial charge in [0.05, 0.1) is 5.56 Å². The third-order valence-electron chi connectivity index (χ3n) is 4.90. The smallest absolute Gasteiger partial charge is 0.338 e. The van der Waals surface area contributed by atoms with E-state index in [9.17, 15) is 14.4 Å². The summed E-state index contributed by atoms with van der Waals surface area (Å²) in [5.41, 5.74) is 2.67. The predicted octanol–water partition coefficient (Wildman–Crippen LogP) is 4.13. The van der Waals surface area contributed by atoms with Crippen molar-refractivity contribution in [1.82, 2.24) is 4.90 Å². The highest BCUT2D eigenvalue weighted by Gasteiger charge is 2.22. The highest BCUT2D eigenvalue weighted by molar-refractivity contribution is 7.10. The maximum Gasteiger partial charge on any atom is 0.338 e. The highest BCUT2D eigenvalue weighted by atomic mass is 32.1. The molecule has 0 aliphatic carbocycles. The van der Waals surface area contributed by atoms with Gasteiger partial charge in [-0.05, 0) is 59.8 Å². The molecule has 1 aromatic heterocycles. The molecule has 0 saturated heterocycles. The molecule has 0 radical (unpaired) electrons. The predicted molar refractivity (Wildman–Crippen MR) is 119 cm³/mol. The number of esters is 1. The van der Waals surface area contributed by atoms with Crippen molar-refractivity contribution >= 4 is 40.6 Å². The first-order valence-electron chi connectivity index (χ1n) is 9.82. The van der Waals surface area contributed by atoms with E-state index in [4.69, 9.17) is 4.74 Å². The second-order valence-corrected chi connectivity index (χ2v) is 8.03. The molecule has 0 unspecified atom stereocenters. The van der Waals surface area contributed by atoms with E-state index < -0.39 is 5.97 Å². The molecule has 0 fully saturated rings. The molecule has 0 bridgehead atoms. The summed E-state index contributed by atoms with van der Waals surface area (Å²) < 4.78 is 5.19. The minimum atomic E-state index is -0.582. The lowest BCUT2D eigenvalue weighted by atomic mass is 10.1. The van der Waals surface area contributed by atoms with Crippen LogP contribution in [0.3, 0.4) is 0 Å². The van der Waals surface area contributed by atoms with Crippen LogP contribution in [0.4, 0.5) is 16.2 Å². The van der Waals surface area contributed by atoms with Crippen molar-refractivity contribution in [1.29, 1.82) is 0 Å². The number of rotatable bonds is 5. The van der Waals surface area contributed by atoms with Crippen molar-refractivity contribution in [3.8, 4) is 0 Å². The van der Waals surface area contributed by atoms with Gasteiger partial charge in [-0.3, -0.25) is 4.79 Å². The first-order chi connectivity index (χ1) is 15.1. The SMILES string of the molecule is O=C(Nc1ccccc1)Nc1ccc(C(=O)OCC(=O)N2CCc3sccc3C2)cc1. The lowest BCUT2D eigenvalue weighted by Gasteiger charge is -2.26. The van der Waals surface area contributed by atoms with E-state index >= 15 is 0 Å². The van der Waals surface area contributed by atoms with Crippen molar-refractivity contribution in [3.05, 3.63) is 82.0 Å². The van der Waals surface area contributed by atoms with Crippen LogP contribution in [0.15, 0.2) is 66.0 Å². The summed E-state index contributed by atoms with van der Waals surface area (Å²) in [4.78, 5) is 39.7. The molecule has 2 heterocycles.